The van der Waals surface area contributed by atoms with E-state index in [9.17, 15) is 9.59 Å². The molecule has 0 aliphatic carbocycles. The molecule has 0 saturated heterocycles. The summed E-state index contributed by atoms with van der Waals surface area (Å²) in [6, 6.07) is 11.7. The van der Waals surface area contributed by atoms with Crippen LogP contribution >= 0.6 is 0 Å². The highest BCUT2D eigenvalue weighted by Gasteiger charge is 2.27. The molecule has 0 atom stereocenters. The number of rotatable bonds is 6. The van der Waals surface area contributed by atoms with Gasteiger partial charge in [0.15, 0.2) is 0 Å². The highest BCUT2D eigenvalue weighted by molar-refractivity contribution is 6.05. The van der Waals surface area contributed by atoms with Crippen molar-refractivity contribution in [3.8, 4) is 0 Å². The first-order valence-electron chi connectivity index (χ1n) is 10.6. The van der Waals surface area contributed by atoms with E-state index in [1.807, 2.05) is 91.8 Å². The van der Waals surface area contributed by atoms with E-state index in [0.29, 0.717) is 11.1 Å². The van der Waals surface area contributed by atoms with Gasteiger partial charge in [-0.3, -0.25) is 0 Å². The third kappa shape index (κ3) is 4.95. The highest BCUT2D eigenvalue weighted by Crippen LogP contribution is 2.31. The van der Waals surface area contributed by atoms with Crippen LogP contribution in [-0.4, -0.2) is 11.9 Å². The van der Waals surface area contributed by atoms with E-state index >= 15 is 0 Å². The van der Waals surface area contributed by atoms with Crippen LogP contribution in [0.4, 0.5) is 0 Å². The number of hydrogen-bond acceptors (Lipinski definition) is 3. The average molecular weight is 395 g/mol. The lowest BCUT2D eigenvalue weighted by Crippen LogP contribution is -2.20. The normalized spacial score (nSPS) is 11.6. The van der Waals surface area contributed by atoms with Crippen molar-refractivity contribution in [3.63, 3.8) is 0 Å². The van der Waals surface area contributed by atoms with Crippen molar-refractivity contribution in [1.29, 1.82) is 0 Å². The van der Waals surface area contributed by atoms with E-state index in [4.69, 9.17) is 4.74 Å². The molecule has 29 heavy (non-hydrogen) atoms. The van der Waals surface area contributed by atoms with Gasteiger partial charge in [0.1, 0.15) is 0 Å². The summed E-state index contributed by atoms with van der Waals surface area (Å²) in [5, 5.41) is 0. The summed E-state index contributed by atoms with van der Waals surface area (Å²) < 4.78 is 5.51. The Morgan fingerprint density at radius 1 is 0.552 bits per heavy atom. The van der Waals surface area contributed by atoms with Crippen molar-refractivity contribution in [2.75, 3.05) is 0 Å². The number of hydrogen-bond donors (Lipinski definition) is 0. The Morgan fingerprint density at radius 2 is 0.793 bits per heavy atom. The van der Waals surface area contributed by atoms with Crippen molar-refractivity contribution in [2.45, 2.75) is 79.1 Å². The van der Waals surface area contributed by atoms with Gasteiger partial charge in [0.25, 0.3) is 0 Å². The smallest absolute Gasteiger partial charge is 0.346 e. The van der Waals surface area contributed by atoms with Crippen LogP contribution in [0, 0.1) is 0 Å². The third-order valence-electron chi connectivity index (χ3n) is 5.34. The lowest BCUT2D eigenvalue weighted by Gasteiger charge is -2.20. The zero-order valence-corrected chi connectivity index (χ0v) is 19.0. The maximum absolute atomic E-state index is 13.2. The zero-order chi connectivity index (χ0) is 21.9. The van der Waals surface area contributed by atoms with Gasteiger partial charge in [-0.25, -0.2) is 9.59 Å². The molecule has 2 aromatic rings. The molecule has 0 radical (unpaired) electrons. The monoisotopic (exact) mass is 394 g/mol. The molecule has 156 valence electrons. The minimum atomic E-state index is -0.559. The molecule has 0 unspecified atom stereocenters. The minimum absolute atomic E-state index is 0.153. The highest BCUT2D eigenvalue weighted by atomic mass is 16.6. The first-order valence-corrected chi connectivity index (χ1v) is 10.6. The molecule has 2 rings (SSSR count). The number of carbonyl (C=O) groups excluding carboxylic acids is 2. The predicted octanol–water partition coefficient (Wildman–Crippen LogP) is 7.18. The van der Waals surface area contributed by atoms with E-state index in [-0.39, 0.29) is 23.7 Å². The summed E-state index contributed by atoms with van der Waals surface area (Å²) in [5.41, 5.74) is 4.70. The van der Waals surface area contributed by atoms with Crippen LogP contribution in [0.5, 0.6) is 0 Å². The Bertz CT molecular complexity index is 763. The van der Waals surface area contributed by atoms with Crippen LogP contribution in [-0.2, 0) is 4.74 Å². The van der Waals surface area contributed by atoms with Gasteiger partial charge in [0.05, 0.1) is 11.1 Å². The quantitative estimate of drug-likeness (QED) is 0.385. The second-order valence-electron chi connectivity index (χ2n) is 8.92. The lowest BCUT2D eigenvalue weighted by atomic mass is 9.88. The third-order valence-corrected chi connectivity index (χ3v) is 5.34. The molecule has 0 amide bonds. The maximum atomic E-state index is 13.2. The molecule has 3 nitrogen and oxygen atoms in total. The number of esters is 2. The van der Waals surface area contributed by atoms with Gasteiger partial charge in [0.2, 0.25) is 0 Å². The fourth-order valence-electron chi connectivity index (χ4n) is 3.76. The Morgan fingerprint density at radius 3 is 1.00 bits per heavy atom. The van der Waals surface area contributed by atoms with Crippen LogP contribution < -0.4 is 0 Å². The van der Waals surface area contributed by atoms with Gasteiger partial charge in [-0.15, -0.1) is 0 Å². The molecular weight excluding hydrogens is 360 g/mol. The first-order chi connectivity index (χ1) is 13.6. The summed E-state index contributed by atoms with van der Waals surface area (Å²) in [6.45, 7) is 16.4. The van der Waals surface area contributed by atoms with Crippen LogP contribution in [0.25, 0.3) is 0 Å². The fourth-order valence-corrected chi connectivity index (χ4v) is 3.76. The Hall–Kier alpha value is -2.42. The van der Waals surface area contributed by atoms with Crippen LogP contribution in [0.15, 0.2) is 36.4 Å². The lowest BCUT2D eigenvalue weighted by molar-refractivity contribution is 0.0393. The summed E-state index contributed by atoms with van der Waals surface area (Å²) in [5.74, 6) is -0.505. The summed E-state index contributed by atoms with van der Waals surface area (Å²) in [7, 11) is 0. The number of ether oxygens (including phenoxy) is 1. The molecule has 0 aliphatic heterocycles. The first kappa shape index (κ1) is 22.9. The van der Waals surface area contributed by atoms with Crippen molar-refractivity contribution >= 4 is 11.9 Å². The maximum Gasteiger partial charge on any atom is 0.346 e. The largest absolute Gasteiger partial charge is 0.386 e. The molecule has 0 aromatic heterocycles. The van der Waals surface area contributed by atoms with Crippen LogP contribution in [0.1, 0.15) is 122 Å². The predicted molar refractivity (Wildman–Crippen MR) is 119 cm³/mol. The average Bonchev–Trinajstić information content (AvgIpc) is 2.66. The minimum Gasteiger partial charge on any atom is -0.386 e. The molecule has 0 heterocycles. The van der Waals surface area contributed by atoms with Crippen molar-refractivity contribution < 1.29 is 14.3 Å². The van der Waals surface area contributed by atoms with Gasteiger partial charge in [-0.2, -0.15) is 0 Å². The molecule has 3 heteroatoms. The standard InChI is InChI=1S/C26H34O3/c1-15(2)19-11-9-12-20(16(3)4)23(19)25(27)29-26(28)24-21(17(5)6)13-10-14-22(24)18(7)8/h9-18H,1-8H3. The number of benzene rings is 2. The van der Waals surface area contributed by atoms with E-state index in [1.54, 1.807) is 0 Å². The van der Waals surface area contributed by atoms with Crippen molar-refractivity contribution in [3.05, 3.63) is 69.8 Å². The van der Waals surface area contributed by atoms with Crippen LogP contribution in [0.3, 0.4) is 0 Å². The molecule has 0 spiro atoms. The van der Waals surface area contributed by atoms with Crippen LogP contribution in [0.2, 0.25) is 0 Å². The Kier molecular flexibility index (Phi) is 7.40. The fraction of sp³-hybridized carbons (Fsp3) is 0.462. The molecule has 0 bridgehead atoms. The van der Waals surface area contributed by atoms with E-state index < -0.39 is 11.9 Å². The van der Waals surface area contributed by atoms with Crippen molar-refractivity contribution in [2.24, 2.45) is 0 Å². The van der Waals surface area contributed by atoms with Crippen molar-refractivity contribution in [1.82, 2.24) is 0 Å². The second-order valence-corrected chi connectivity index (χ2v) is 8.92. The van der Waals surface area contributed by atoms with E-state index in [0.717, 1.165) is 22.3 Å². The van der Waals surface area contributed by atoms with Gasteiger partial charge < -0.3 is 4.74 Å². The number of carbonyl (C=O) groups is 2. The summed E-state index contributed by atoms with van der Waals surface area (Å²) in [4.78, 5) is 26.4. The van der Waals surface area contributed by atoms with Gasteiger partial charge in [0, 0.05) is 0 Å². The summed E-state index contributed by atoms with van der Waals surface area (Å²) >= 11 is 0. The SMILES string of the molecule is CC(C)c1cccc(C(C)C)c1C(=O)OC(=O)c1c(C(C)C)cccc1C(C)C. The molecular formula is C26H34O3. The molecule has 0 aliphatic rings. The topological polar surface area (TPSA) is 43.4 Å². The summed E-state index contributed by atoms with van der Waals surface area (Å²) in [6.07, 6.45) is 0. The molecule has 0 N–H and O–H groups in total. The molecule has 2 aromatic carbocycles. The van der Waals surface area contributed by atoms with Gasteiger partial charge >= 0.3 is 11.9 Å². The van der Waals surface area contributed by atoms with E-state index in [1.165, 1.54) is 0 Å². The second kappa shape index (κ2) is 9.39. The van der Waals surface area contributed by atoms with Gasteiger partial charge in [-0.1, -0.05) is 91.8 Å². The molecule has 0 saturated carbocycles. The molecule has 0 fully saturated rings. The van der Waals surface area contributed by atoms with Gasteiger partial charge in [-0.05, 0) is 45.9 Å². The Labute approximate surface area is 175 Å². The van der Waals surface area contributed by atoms with E-state index in [2.05, 4.69) is 0 Å². The zero-order valence-electron chi connectivity index (χ0n) is 19.0. The Balaban J connectivity index is 2.52.